The molecule has 0 aromatic heterocycles. The van der Waals surface area contributed by atoms with Crippen LogP contribution in [0.3, 0.4) is 0 Å². The van der Waals surface area contributed by atoms with E-state index < -0.39 is 54.0 Å². The fourth-order valence-corrected chi connectivity index (χ4v) is 4.00. The molecule has 0 spiro atoms. The van der Waals surface area contributed by atoms with Crippen molar-refractivity contribution in [1.29, 1.82) is 0 Å². The highest BCUT2D eigenvalue weighted by Gasteiger charge is 2.15. The lowest BCUT2D eigenvalue weighted by Crippen LogP contribution is -2.50. The molecular formula is C23H17N4O8S2-. The van der Waals surface area contributed by atoms with Gasteiger partial charge in [0.15, 0.2) is 15.2 Å². The Hall–Kier alpha value is -4.53. The molecule has 0 bridgehead atoms. The fourth-order valence-electron chi connectivity index (χ4n) is 2.93. The number of nitrogens with one attached hydrogen (secondary N) is 2. The van der Waals surface area contributed by atoms with Gasteiger partial charge in [-0.25, -0.2) is 13.2 Å². The summed E-state index contributed by atoms with van der Waals surface area (Å²) in [6.45, 7) is 6.67. The average molecular weight is 542 g/mol. The number of anilines is 2. The number of carboxylic acid groups (broad SMARTS) is 1. The summed E-state index contributed by atoms with van der Waals surface area (Å²) in [4.78, 5) is 36.7. The average Bonchev–Trinajstić information content (AvgIpc) is 2.87. The molecule has 12 nitrogen and oxygen atoms in total. The summed E-state index contributed by atoms with van der Waals surface area (Å²) >= 11 is -2.58. The van der Waals surface area contributed by atoms with Gasteiger partial charge in [0.1, 0.15) is 5.36 Å². The van der Waals surface area contributed by atoms with Crippen LogP contribution in [-0.4, -0.2) is 28.3 Å². The van der Waals surface area contributed by atoms with Crippen molar-refractivity contribution >= 4 is 43.2 Å². The smallest absolute Gasteiger partial charge is 0.338 e. The molecule has 3 N–H and O–H groups in total. The van der Waals surface area contributed by atoms with Crippen molar-refractivity contribution in [1.82, 2.24) is 0 Å². The first-order chi connectivity index (χ1) is 17.4. The van der Waals surface area contributed by atoms with E-state index in [1.165, 1.54) is 48.5 Å². The van der Waals surface area contributed by atoms with Gasteiger partial charge < -0.3 is 9.66 Å². The van der Waals surface area contributed by atoms with Gasteiger partial charge in [0.25, 0.3) is 0 Å². The van der Waals surface area contributed by atoms with Crippen molar-refractivity contribution < 1.29 is 27.1 Å². The zero-order valence-electron chi connectivity index (χ0n) is 18.7. The highest BCUT2D eigenvalue weighted by atomic mass is 32.2. The zero-order valence-corrected chi connectivity index (χ0v) is 20.3. The third-order valence-corrected chi connectivity index (χ3v) is 6.77. The zero-order chi connectivity index (χ0) is 27.3. The maximum atomic E-state index is 13.0. The van der Waals surface area contributed by atoms with Crippen molar-refractivity contribution in [2.45, 2.75) is 4.90 Å². The van der Waals surface area contributed by atoms with Crippen LogP contribution in [0.25, 0.3) is 4.91 Å². The number of hydrogen-bond acceptors (Lipinski definition) is 11. The summed E-state index contributed by atoms with van der Waals surface area (Å²) in [5.41, 5.74) is 2.58. The highest BCUT2D eigenvalue weighted by Crippen LogP contribution is 2.19. The molecule has 190 valence electrons. The number of carbonyl (C=O) groups is 1. The molecule has 1 atom stereocenters. The van der Waals surface area contributed by atoms with Crippen LogP contribution in [0.1, 0.15) is 15.9 Å². The van der Waals surface area contributed by atoms with Crippen molar-refractivity contribution in [2.24, 2.45) is 10.2 Å². The highest BCUT2D eigenvalue weighted by molar-refractivity contribution is 7.94. The third kappa shape index (κ3) is 6.19. The maximum absolute atomic E-state index is 13.0. The number of aromatic carboxylic acids is 1. The number of rotatable bonds is 9. The minimum Gasteiger partial charge on any atom is -0.768 e. The molecule has 3 rings (SSSR count). The molecular weight excluding hydrogens is 524 g/mol. The molecule has 0 fully saturated rings. The first-order valence-corrected chi connectivity index (χ1v) is 12.6. The van der Waals surface area contributed by atoms with Gasteiger partial charge >= 0.3 is 5.97 Å². The van der Waals surface area contributed by atoms with Gasteiger partial charge in [-0.3, -0.25) is 24.6 Å². The van der Waals surface area contributed by atoms with Crippen LogP contribution in [0, 0.1) is 0 Å². The van der Waals surface area contributed by atoms with Crippen LogP contribution in [-0.2, 0) is 20.9 Å². The number of nitrogens with zero attached hydrogens (tertiary/aromatic N) is 2. The van der Waals surface area contributed by atoms with Crippen LogP contribution in [0.15, 0.2) is 97.9 Å². The lowest BCUT2D eigenvalue weighted by molar-refractivity contribution is 0.0694. The minimum absolute atomic E-state index is 0.112. The van der Waals surface area contributed by atoms with Crippen molar-refractivity contribution in [3.63, 3.8) is 0 Å². The van der Waals surface area contributed by atoms with Gasteiger partial charge in [0.2, 0.25) is 10.9 Å². The van der Waals surface area contributed by atoms with E-state index in [-0.39, 0.29) is 26.7 Å². The molecule has 3 aromatic carbocycles. The molecule has 14 heteroatoms. The molecule has 3 aromatic rings. The second-order valence-corrected chi connectivity index (χ2v) is 10.0. The Balaban J connectivity index is 2.09. The molecule has 0 saturated carbocycles. The Bertz CT molecular complexity index is 1790. The monoisotopic (exact) mass is 541 g/mol. The Morgan fingerprint density at radius 3 is 2.19 bits per heavy atom. The van der Waals surface area contributed by atoms with Crippen molar-refractivity contribution in [2.75, 3.05) is 10.9 Å². The molecule has 0 aliphatic carbocycles. The first-order valence-electron chi connectivity index (χ1n) is 10.0. The van der Waals surface area contributed by atoms with Gasteiger partial charge in [-0.05, 0) is 47.0 Å². The van der Waals surface area contributed by atoms with Crippen molar-refractivity contribution in [3.8, 4) is 0 Å². The lowest BCUT2D eigenvalue weighted by atomic mass is 10.2. The Morgan fingerprint density at radius 1 is 1.00 bits per heavy atom. The van der Waals surface area contributed by atoms with Gasteiger partial charge in [0.05, 0.1) is 21.8 Å². The number of benzene rings is 3. The molecule has 0 radical (unpaired) electrons. The third-order valence-electron chi connectivity index (χ3n) is 4.79. The maximum Gasteiger partial charge on any atom is 0.338 e. The molecule has 0 aliphatic heterocycles. The standard InChI is InChI=1S/C23H18N4O8S2/c1-3-37(34,35)17-9-5-8-16(11-17)25-27-21-19(28)12-18(23(30)31)20(22(21)29)26-24-15-7-4-6-14(10-15)13(2)36(32)33/h3-12,24-25H,1-2H2,(H,30,31)(H,32,33)/p-1/b26-20-,27-21+. The van der Waals surface area contributed by atoms with Gasteiger partial charge in [-0.15, -0.1) is 0 Å². The number of hydrogen-bond donors (Lipinski definition) is 3. The first kappa shape index (κ1) is 27.1. The van der Waals surface area contributed by atoms with Gasteiger partial charge in [0, 0.05) is 16.4 Å². The van der Waals surface area contributed by atoms with E-state index in [1.807, 2.05) is 0 Å². The van der Waals surface area contributed by atoms with Gasteiger partial charge in [-0.1, -0.05) is 31.4 Å². The summed E-state index contributed by atoms with van der Waals surface area (Å²) < 4.78 is 46.2. The second-order valence-electron chi connectivity index (χ2n) is 7.18. The van der Waals surface area contributed by atoms with E-state index in [4.69, 9.17) is 0 Å². The van der Waals surface area contributed by atoms with Crippen LogP contribution in [0.5, 0.6) is 0 Å². The molecule has 0 aliphatic rings. The van der Waals surface area contributed by atoms with Crippen LogP contribution in [0.2, 0.25) is 0 Å². The summed E-state index contributed by atoms with van der Waals surface area (Å²) in [5.74, 6) is -1.60. The predicted molar refractivity (Wildman–Crippen MR) is 135 cm³/mol. The number of carboxylic acids is 1. The quantitative estimate of drug-likeness (QED) is 0.255. The second kappa shape index (κ2) is 11.0. The van der Waals surface area contributed by atoms with Crippen LogP contribution >= 0.6 is 0 Å². The molecule has 0 saturated heterocycles. The molecule has 1 unspecified atom stereocenters. The largest absolute Gasteiger partial charge is 0.768 e. The Kier molecular flexibility index (Phi) is 8.07. The lowest BCUT2D eigenvalue weighted by Gasteiger charge is -2.10. The van der Waals surface area contributed by atoms with E-state index in [0.717, 1.165) is 5.41 Å². The topological polar surface area (TPSA) is 194 Å². The molecule has 37 heavy (non-hydrogen) atoms. The summed E-state index contributed by atoms with van der Waals surface area (Å²) in [7, 11) is -3.76. The Labute approximate surface area is 211 Å². The van der Waals surface area contributed by atoms with Crippen LogP contribution < -0.4 is 32.4 Å². The SMILES string of the molecule is C=CS(=O)(=O)c1cccc(N/N=c2\c(=O)cc(C(=O)O)/c(=N/Nc3cccc(C(=C)S(=O)[O-])c3)c2=O)c1. The Morgan fingerprint density at radius 2 is 1.59 bits per heavy atom. The minimum atomic E-state index is -3.76. The summed E-state index contributed by atoms with van der Waals surface area (Å²) in [6, 6.07) is 11.8. The van der Waals surface area contributed by atoms with E-state index in [9.17, 15) is 36.7 Å². The summed E-state index contributed by atoms with van der Waals surface area (Å²) in [6.07, 6.45) is 0. The predicted octanol–water partition coefficient (Wildman–Crippen LogP) is 0.603. The van der Waals surface area contributed by atoms with E-state index in [0.29, 0.717) is 6.07 Å². The van der Waals surface area contributed by atoms with Crippen LogP contribution in [0.4, 0.5) is 11.4 Å². The van der Waals surface area contributed by atoms with E-state index in [2.05, 4.69) is 34.2 Å². The molecule has 0 amide bonds. The van der Waals surface area contributed by atoms with E-state index in [1.54, 1.807) is 0 Å². The molecule has 0 heterocycles. The number of sulfone groups is 1. The van der Waals surface area contributed by atoms with Gasteiger partial charge in [-0.2, -0.15) is 10.2 Å². The van der Waals surface area contributed by atoms with Crippen molar-refractivity contribution in [3.05, 3.63) is 115 Å². The fraction of sp³-hybridized carbons (Fsp3) is 0. The normalized spacial score (nSPS) is 13.1. The van der Waals surface area contributed by atoms with E-state index >= 15 is 0 Å². The summed E-state index contributed by atoms with van der Waals surface area (Å²) in [5, 5.41) is 16.4.